The van der Waals surface area contributed by atoms with Crippen LogP contribution in [0.4, 0.5) is 0 Å². The number of hydrogen-bond acceptors (Lipinski definition) is 3. The summed E-state index contributed by atoms with van der Waals surface area (Å²) in [4.78, 5) is 18.1. The number of amides is 1. The summed E-state index contributed by atoms with van der Waals surface area (Å²) in [7, 11) is 5.27. The van der Waals surface area contributed by atoms with E-state index in [2.05, 4.69) is 15.6 Å². The molecule has 0 radical (unpaired) electrons. The number of ether oxygens (including phenoxy) is 1. The number of carbonyl (C=O) groups is 1. The third kappa shape index (κ3) is 6.60. The minimum absolute atomic E-state index is 0.00803. The Balaban J connectivity index is 1.53. The van der Waals surface area contributed by atoms with Gasteiger partial charge in [-0.2, -0.15) is 0 Å². The Morgan fingerprint density at radius 2 is 1.69 bits per heavy atom. The lowest BCUT2D eigenvalue weighted by Gasteiger charge is -2.15. The van der Waals surface area contributed by atoms with E-state index in [9.17, 15) is 4.79 Å². The average Bonchev–Trinajstić information content (AvgIpc) is 2.82. The molecule has 3 aromatic rings. The van der Waals surface area contributed by atoms with E-state index in [4.69, 9.17) is 4.74 Å². The zero-order chi connectivity index (χ0) is 22.8. The van der Waals surface area contributed by atoms with Gasteiger partial charge in [0.1, 0.15) is 11.5 Å². The van der Waals surface area contributed by atoms with Crippen LogP contribution in [0, 0.1) is 0 Å². The zero-order valence-corrected chi connectivity index (χ0v) is 18.8. The Morgan fingerprint density at radius 1 is 0.938 bits per heavy atom. The zero-order valence-electron chi connectivity index (χ0n) is 18.8. The molecule has 0 saturated carbocycles. The highest BCUT2D eigenvalue weighted by molar-refractivity contribution is 5.94. The molecule has 166 valence electrons. The predicted octanol–water partition coefficient (Wildman–Crippen LogP) is 4.09. The molecule has 0 aliphatic heterocycles. The molecule has 0 aromatic heterocycles. The Morgan fingerprint density at radius 3 is 2.44 bits per heavy atom. The van der Waals surface area contributed by atoms with Crippen LogP contribution < -0.4 is 15.4 Å². The number of nitrogens with one attached hydrogen (secondary N) is 2. The molecule has 0 atom stereocenters. The summed E-state index contributed by atoms with van der Waals surface area (Å²) in [5.74, 6) is 2.33. The van der Waals surface area contributed by atoms with Crippen LogP contribution in [0.25, 0.3) is 0 Å². The van der Waals surface area contributed by atoms with Crippen LogP contribution in [-0.2, 0) is 13.0 Å². The van der Waals surface area contributed by atoms with E-state index in [0.29, 0.717) is 24.6 Å². The maximum absolute atomic E-state index is 12.2. The molecule has 1 amide bonds. The van der Waals surface area contributed by atoms with Gasteiger partial charge in [0.2, 0.25) is 0 Å². The van der Waals surface area contributed by atoms with Gasteiger partial charge in [0, 0.05) is 45.4 Å². The van der Waals surface area contributed by atoms with E-state index in [0.717, 1.165) is 29.0 Å². The first-order chi connectivity index (χ1) is 15.6. The molecule has 0 aliphatic carbocycles. The lowest BCUT2D eigenvalue weighted by molar-refractivity contribution is 0.0827. The second-order valence-electron chi connectivity index (χ2n) is 7.53. The Hall–Kier alpha value is -3.80. The molecule has 0 bridgehead atoms. The number of rotatable bonds is 8. The second-order valence-corrected chi connectivity index (χ2v) is 7.53. The fraction of sp³-hybridized carbons (Fsp3) is 0.231. The third-order valence-corrected chi connectivity index (χ3v) is 4.90. The highest BCUT2D eigenvalue weighted by Gasteiger charge is 2.09. The predicted molar refractivity (Wildman–Crippen MR) is 129 cm³/mol. The van der Waals surface area contributed by atoms with Crippen molar-refractivity contribution >= 4 is 11.9 Å². The van der Waals surface area contributed by atoms with Crippen LogP contribution in [0.5, 0.6) is 11.5 Å². The van der Waals surface area contributed by atoms with Gasteiger partial charge >= 0.3 is 0 Å². The van der Waals surface area contributed by atoms with Crippen molar-refractivity contribution in [2.45, 2.75) is 13.0 Å². The number of nitrogens with zero attached hydrogens (tertiary/aromatic N) is 2. The van der Waals surface area contributed by atoms with Crippen molar-refractivity contribution in [2.24, 2.45) is 4.99 Å². The van der Waals surface area contributed by atoms with Gasteiger partial charge < -0.3 is 20.3 Å². The van der Waals surface area contributed by atoms with Crippen LogP contribution in [0.3, 0.4) is 0 Å². The molecular formula is C26H30N4O2. The van der Waals surface area contributed by atoms with E-state index < -0.39 is 0 Å². The van der Waals surface area contributed by atoms with Crippen molar-refractivity contribution in [3.8, 4) is 11.5 Å². The third-order valence-electron chi connectivity index (χ3n) is 4.90. The van der Waals surface area contributed by atoms with E-state index in [1.807, 2.05) is 78.9 Å². The van der Waals surface area contributed by atoms with E-state index in [1.165, 1.54) is 0 Å². The minimum atomic E-state index is 0.00803. The maximum atomic E-state index is 12.2. The van der Waals surface area contributed by atoms with Crippen molar-refractivity contribution in [3.63, 3.8) is 0 Å². The van der Waals surface area contributed by atoms with Crippen LogP contribution in [-0.4, -0.2) is 44.5 Å². The summed E-state index contributed by atoms with van der Waals surface area (Å²) < 4.78 is 6.03. The molecule has 6 heteroatoms. The summed E-state index contributed by atoms with van der Waals surface area (Å²) in [6, 6.07) is 25.4. The summed E-state index contributed by atoms with van der Waals surface area (Å²) in [6.07, 6.45) is 0.781. The SMILES string of the molecule is CN=C(NCCc1cccc(C(=O)N(C)C)c1)NCc1ccccc1Oc1ccccc1. The quantitative estimate of drug-likeness (QED) is 0.417. The van der Waals surface area contributed by atoms with Gasteiger partial charge in [0.25, 0.3) is 5.91 Å². The molecule has 0 aliphatic rings. The monoisotopic (exact) mass is 430 g/mol. The van der Waals surface area contributed by atoms with Crippen LogP contribution >= 0.6 is 0 Å². The molecule has 6 nitrogen and oxygen atoms in total. The van der Waals surface area contributed by atoms with E-state index in [-0.39, 0.29) is 5.91 Å². The topological polar surface area (TPSA) is 66.0 Å². The minimum Gasteiger partial charge on any atom is -0.457 e. The van der Waals surface area contributed by atoms with Gasteiger partial charge in [0.15, 0.2) is 5.96 Å². The first kappa shape index (κ1) is 22.9. The lowest BCUT2D eigenvalue weighted by Crippen LogP contribution is -2.37. The number of aliphatic imine (C=N–C) groups is 1. The first-order valence-electron chi connectivity index (χ1n) is 10.6. The molecule has 0 fully saturated rings. The smallest absolute Gasteiger partial charge is 0.253 e. The van der Waals surface area contributed by atoms with Gasteiger partial charge in [-0.1, -0.05) is 48.5 Å². The standard InChI is InChI=1S/C26H30N4O2/c1-27-26(28-17-16-20-10-9-12-21(18-20)25(31)30(2)3)29-19-22-11-7-8-15-24(22)32-23-13-5-4-6-14-23/h4-15,18H,16-17,19H2,1-3H3,(H2,27,28,29). The van der Waals surface area contributed by atoms with Crippen LogP contribution in [0.1, 0.15) is 21.5 Å². The summed E-state index contributed by atoms with van der Waals surface area (Å²) >= 11 is 0. The van der Waals surface area contributed by atoms with Crippen LogP contribution in [0.2, 0.25) is 0 Å². The van der Waals surface area contributed by atoms with E-state index >= 15 is 0 Å². The van der Waals surface area contributed by atoms with Gasteiger partial charge in [0.05, 0.1) is 0 Å². The normalized spacial score (nSPS) is 11.0. The molecule has 3 aromatic carbocycles. The lowest BCUT2D eigenvalue weighted by atomic mass is 10.1. The summed E-state index contributed by atoms with van der Waals surface area (Å²) in [5, 5.41) is 6.67. The number of benzene rings is 3. The Bertz CT molecular complexity index is 1050. The first-order valence-corrected chi connectivity index (χ1v) is 10.6. The summed E-state index contributed by atoms with van der Waals surface area (Å²) in [5.41, 5.74) is 2.83. The van der Waals surface area contributed by atoms with Crippen molar-refractivity contribution in [1.29, 1.82) is 0 Å². The van der Waals surface area contributed by atoms with Crippen molar-refractivity contribution in [2.75, 3.05) is 27.7 Å². The van der Waals surface area contributed by atoms with Crippen molar-refractivity contribution in [3.05, 3.63) is 95.6 Å². The fourth-order valence-electron chi connectivity index (χ4n) is 3.21. The van der Waals surface area contributed by atoms with Gasteiger partial charge in [-0.3, -0.25) is 9.79 Å². The number of para-hydroxylation sites is 2. The van der Waals surface area contributed by atoms with E-state index in [1.54, 1.807) is 26.0 Å². The number of carbonyl (C=O) groups excluding carboxylic acids is 1. The molecule has 32 heavy (non-hydrogen) atoms. The fourth-order valence-corrected chi connectivity index (χ4v) is 3.21. The highest BCUT2D eigenvalue weighted by Crippen LogP contribution is 2.24. The van der Waals surface area contributed by atoms with Gasteiger partial charge in [-0.25, -0.2) is 0 Å². The number of guanidine groups is 1. The summed E-state index contributed by atoms with van der Waals surface area (Å²) in [6.45, 7) is 1.27. The van der Waals surface area contributed by atoms with Crippen molar-refractivity contribution in [1.82, 2.24) is 15.5 Å². The molecule has 0 spiro atoms. The maximum Gasteiger partial charge on any atom is 0.253 e. The highest BCUT2D eigenvalue weighted by atomic mass is 16.5. The Kier molecular flexibility index (Phi) is 8.26. The molecule has 0 saturated heterocycles. The van der Waals surface area contributed by atoms with Crippen LogP contribution in [0.15, 0.2) is 83.9 Å². The molecule has 2 N–H and O–H groups in total. The van der Waals surface area contributed by atoms with Crippen molar-refractivity contribution < 1.29 is 9.53 Å². The largest absolute Gasteiger partial charge is 0.457 e. The number of hydrogen-bond donors (Lipinski definition) is 2. The average molecular weight is 431 g/mol. The Labute approximate surface area is 189 Å². The molecule has 0 unspecified atom stereocenters. The molecular weight excluding hydrogens is 400 g/mol. The molecule has 0 heterocycles. The van der Waals surface area contributed by atoms with Gasteiger partial charge in [-0.05, 0) is 42.3 Å². The molecule has 3 rings (SSSR count). The second kappa shape index (κ2) is 11.6. The van der Waals surface area contributed by atoms with Gasteiger partial charge in [-0.15, -0.1) is 0 Å².